The Bertz CT molecular complexity index is 539. The molecule has 3 heteroatoms. The second-order valence-corrected chi connectivity index (χ2v) is 5.67. The summed E-state index contributed by atoms with van der Waals surface area (Å²) in [5.74, 6) is 0. The number of benzene rings is 2. The maximum atomic E-state index is 12.0. The molecule has 1 fully saturated rings. The van der Waals surface area contributed by atoms with Crippen molar-refractivity contribution in [2.45, 2.75) is 17.8 Å². The summed E-state index contributed by atoms with van der Waals surface area (Å²) in [6.45, 7) is 0. The van der Waals surface area contributed by atoms with Crippen LogP contribution in [0, 0.1) is 0 Å². The topological polar surface area (TPSA) is 26.3 Å². The van der Waals surface area contributed by atoms with E-state index in [0.29, 0.717) is 0 Å². The van der Waals surface area contributed by atoms with Crippen LogP contribution in [0.1, 0.15) is 28.9 Å². The lowest BCUT2D eigenvalue weighted by molar-refractivity contribution is 0.254. The molecule has 1 heterocycles. The van der Waals surface area contributed by atoms with Gasteiger partial charge in [-0.25, -0.2) is 4.21 Å². The first-order valence-corrected chi connectivity index (χ1v) is 7.16. The standard InChI is InChI=1S/C15H14O2S/c16-18-15(13-9-5-2-6-10-13)11-14(17-18)12-7-3-1-4-8-12/h1-10,14-15H,11H2/t14-,15-,18?/m0/s1. The first kappa shape index (κ1) is 11.6. The van der Waals surface area contributed by atoms with Gasteiger partial charge in [0.25, 0.3) is 0 Å². The van der Waals surface area contributed by atoms with Gasteiger partial charge in [-0.05, 0) is 17.5 Å². The zero-order valence-corrected chi connectivity index (χ0v) is 10.7. The third-order valence-electron chi connectivity index (χ3n) is 3.21. The first-order chi connectivity index (χ1) is 8.84. The van der Waals surface area contributed by atoms with E-state index in [1.807, 2.05) is 60.7 Å². The van der Waals surface area contributed by atoms with Crippen LogP contribution in [0.2, 0.25) is 0 Å². The van der Waals surface area contributed by atoms with Crippen molar-refractivity contribution in [3.63, 3.8) is 0 Å². The molecule has 2 nitrogen and oxygen atoms in total. The fourth-order valence-electron chi connectivity index (χ4n) is 2.27. The molecule has 3 rings (SSSR count). The number of hydrogen-bond donors (Lipinski definition) is 0. The first-order valence-electron chi connectivity index (χ1n) is 6.02. The molecule has 0 bridgehead atoms. The predicted molar refractivity (Wildman–Crippen MR) is 72.2 cm³/mol. The normalized spacial score (nSPS) is 27.2. The van der Waals surface area contributed by atoms with E-state index < -0.39 is 11.1 Å². The highest BCUT2D eigenvalue weighted by molar-refractivity contribution is 7.80. The Balaban J connectivity index is 1.83. The predicted octanol–water partition coefficient (Wildman–Crippen LogP) is 3.55. The quantitative estimate of drug-likeness (QED) is 0.823. The molecule has 0 radical (unpaired) electrons. The average Bonchev–Trinajstić information content (AvgIpc) is 2.83. The summed E-state index contributed by atoms with van der Waals surface area (Å²) in [6, 6.07) is 19.9. The minimum atomic E-state index is -1.24. The minimum absolute atomic E-state index is 0.0172. The van der Waals surface area contributed by atoms with Crippen LogP contribution in [0.3, 0.4) is 0 Å². The van der Waals surface area contributed by atoms with E-state index in [4.69, 9.17) is 4.18 Å². The summed E-state index contributed by atoms with van der Waals surface area (Å²) in [7, 11) is 0. The van der Waals surface area contributed by atoms with Crippen LogP contribution in [0.4, 0.5) is 0 Å². The Morgan fingerprint density at radius 3 is 2.06 bits per heavy atom. The van der Waals surface area contributed by atoms with Gasteiger partial charge in [-0.15, -0.1) is 0 Å². The van der Waals surface area contributed by atoms with Crippen molar-refractivity contribution in [2.75, 3.05) is 0 Å². The van der Waals surface area contributed by atoms with Crippen molar-refractivity contribution in [3.8, 4) is 0 Å². The average molecular weight is 258 g/mol. The highest BCUT2D eigenvalue weighted by Crippen LogP contribution is 2.41. The van der Waals surface area contributed by atoms with E-state index >= 15 is 0 Å². The van der Waals surface area contributed by atoms with E-state index in [0.717, 1.165) is 17.5 Å². The van der Waals surface area contributed by atoms with Crippen LogP contribution in [0.15, 0.2) is 60.7 Å². The van der Waals surface area contributed by atoms with Crippen LogP contribution < -0.4 is 0 Å². The molecule has 0 aromatic heterocycles. The Hall–Kier alpha value is -1.45. The van der Waals surface area contributed by atoms with Gasteiger partial charge in [-0.1, -0.05) is 60.7 Å². The molecule has 2 aromatic carbocycles. The lowest BCUT2D eigenvalue weighted by Gasteiger charge is -2.07. The second kappa shape index (κ2) is 5.04. The highest BCUT2D eigenvalue weighted by Gasteiger charge is 2.34. The molecule has 0 N–H and O–H groups in total. The van der Waals surface area contributed by atoms with Gasteiger partial charge in [0.2, 0.25) is 0 Å². The molecule has 1 saturated heterocycles. The van der Waals surface area contributed by atoms with Gasteiger partial charge in [-0.3, -0.25) is 4.18 Å². The molecule has 0 saturated carbocycles. The molecular weight excluding hydrogens is 244 g/mol. The van der Waals surface area contributed by atoms with Gasteiger partial charge in [0.1, 0.15) is 6.10 Å². The summed E-state index contributed by atoms with van der Waals surface area (Å²) in [5, 5.41) is -0.0172. The van der Waals surface area contributed by atoms with Crippen LogP contribution >= 0.6 is 0 Å². The summed E-state index contributed by atoms with van der Waals surface area (Å²) in [5.41, 5.74) is 2.19. The maximum absolute atomic E-state index is 12.0. The summed E-state index contributed by atoms with van der Waals surface area (Å²) < 4.78 is 17.6. The van der Waals surface area contributed by atoms with E-state index in [1.54, 1.807) is 0 Å². The van der Waals surface area contributed by atoms with Gasteiger partial charge >= 0.3 is 0 Å². The Labute approximate surface area is 109 Å². The Morgan fingerprint density at radius 1 is 0.889 bits per heavy atom. The van der Waals surface area contributed by atoms with E-state index in [-0.39, 0.29) is 11.4 Å². The molecule has 0 aliphatic carbocycles. The largest absolute Gasteiger partial charge is 0.282 e. The van der Waals surface area contributed by atoms with Crippen molar-refractivity contribution in [1.29, 1.82) is 0 Å². The van der Waals surface area contributed by atoms with Crippen LogP contribution in [-0.4, -0.2) is 4.21 Å². The molecular formula is C15H14O2S. The molecule has 0 spiro atoms. The van der Waals surface area contributed by atoms with Crippen molar-refractivity contribution in [2.24, 2.45) is 0 Å². The maximum Gasteiger partial charge on any atom is 0.163 e. The monoisotopic (exact) mass is 258 g/mol. The Kier molecular flexibility index (Phi) is 3.26. The molecule has 0 amide bonds. The third-order valence-corrected chi connectivity index (χ3v) is 4.57. The van der Waals surface area contributed by atoms with Crippen molar-refractivity contribution in [3.05, 3.63) is 71.8 Å². The smallest absolute Gasteiger partial charge is 0.163 e. The van der Waals surface area contributed by atoms with Crippen molar-refractivity contribution in [1.82, 2.24) is 0 Å². The minimum Gasteiger partial charge on any atom is -0.282 e. The molecule has 18 heavy (non-hydrogen) atoms. The van der Waals surface area contributed by atoms with Gasteiger partial charge in [-0.2, -0.15) is 0 Å². The third kappa shape index (κ3) is 2.24. The molecule has 1 aliphatic rings. The number of hydrogen-bond acceptors (Lipinski definition) is 2. The van der Waals surface area contributed by atoms with Gasteiger partial charge < -0.3 is 0 Å². The summed E-state index contributed by atoms with van der Waals surface area (Å²) in [4.78, 5) is 0. The highest BCUT2D eigenvalue weighted by atomic mass is 32.2. The van der Waals surface area contributed by atoms with Gasteiger partial charge in [0.05, 0.1) is 5.25 Å². The molecule has 3 atom stereocenters. The molecule has 92 valence electrons. The van der Waals surface area contributed by atoms with Crippen LogP contribution in [0.25, 0.3) is 0 Å². The Morgan fingerprint density at radius 2 is 1.44 bits per heavy atom. The fraction of sp³-hybridized carbons (Fsp3) is 0.200. The number of rotatable bonds is 2. The molecule has 2 aromatic rings. The SMILES string of the molecule is O=S1O[C@H](c2ccccc2)C[C@H]1c1ccccc1. The zero-order valence-electron chi connectivity index (χ0n) is 9.86. The second-order valence-electron chi connectivity index (χ2n) is 4.39. The molecule has 1 aliphatic heterocycles. The van der Waals surface area contributed by atoms with Crippen LogP contribution in [-0.2, 0) is 15.3 Å². The van der Waals surface area contributed by atoms with Crippen molar-refractivity contribution >= 4 is 11.1 Å². The van der Waals surface area contributed by atoms with Crippen LogP contribution in [0.5, 0.6) is 0 Å². The lowest BCUT2D eigenvalue weighted by Crippen LogP contribution is -1.98. The lowest BCUT2D eigenvalue weighted by atomic mass is 10.0. The van der Waals surface area contributed by atoms with E-state index in [9.17, 15) is 4.21 Å². The van der Waals surface area contributed by atoms with Gasteiger partial charge in [0.15, 0.2) is 11.1 Å². The van der Waals surface area contributed by atoms with E-state index in [2.05, 4.69) is 0 Å². The molecule has 1 unspecified atom stereocenters. The van der Waals surface area contributed by atoms with Gasteiger partial charge in [0, 0.05) is 0 Å². The van der Waals surface area contributed by atoms with E-state index in [1.165, 1.54) is 0 Å². The summed E-state index contributed by atoms with van der Waals surface area (Å²) >= 11 is -1.24. The summed E-state index contributed by atoms with van der Waals surface area (Å²) in [6.07, 6.45) is 0.720. The zero-order chi connectivity index (χ0) is 12.4. The van der Waals surface area contributed by atoms with Crippen molar-refractivity contribution < 1.29 is 8.39 Å². The fourth-order valence-corrected chi connectivity index (χ4v) is 3.53.